The van der Waals surface area contributed by atoms with E-state index in [0.717, 1.165) is 30.7 Å². The van der Waals surface area contributed by atoms with Gasteiger partial charge in [-0.15, -0.1) is 0 Å². The third-order valence-corrected chi connectivity index (χ3v) is 4.70. The van der Waals surface area contributed by atoms with Gasteiger partial charge in [0.05, 0.1) is 6.61 Å². The Kier molecular flexibility index (Phi) is 5.82. The summed E-state index contributed by atoms with van der Waals surface area (Å²) in [5.74, 6) is 0. The summed E-state index contributed by atoms with van der Waals surface area (Å²) in [5.41, 5.74) is 1.30. The summed E-state index contributed by atoms with van der Waals surface area (Å²) in [6.07, 6.45) is 2.39. The fourth-order valence-corrected chi connectivity index (χ4v) is 3.13. The maximum absolute atomic E-state index is 9.30. The van der Waals surface area contributed by atoms with Crippen molar-refractivity contribution in [3.8, 4) is 0 Å². The topological polar surface area (TPSA) is 26.7 Å². The number of rotatable bonds is 5. The third kappa shape index (κ3) is 4.28. The van der Waals surface area contributed by atoms with Gasteiger partial charge in [0.2, 0.25) is 0 Å². The zero-order valence-electron chi connectivity index (χ0n) is 11.6. The lowest BCUT2D eigenvalue weighted by molar-refractivity contribution is 0.0939. The number of hydrogen-bond donors (Lipinski definition) is 1. The van der Waals surface area contributed by atoms with E-state index in [-0.39, 0.29) is 6.61 Å². The Bertz CT molecular complexity index is 391. The van der Waals surface area contributed by atoms with Crippen molar-refractivity contribution in [2.75, 3.05) is 33.3 Å². The minimum atomic E-state index is 0.233. The van der Waals surface area contributed by atoms with E-state index < -0.39 is 0 Å². The van der Waals surface area contributed by atoms with Crippen LogP contribution in [0.5, 0.6) is 0 Å². The highest BCUT2D eigenvalue weighted by Gasteiger charge is 2.23. The van der Waals surface area contributed by atoms with Crippen molar-refractivity contribution < 1.29 is 5.11 Å². The molecule has 1 heterocycles. The molecule has 0 amide bonds. The molecule has 1 fully saturated rings. The number of halogens is 1. The number of aliphatic hydroxyl groups is 1. The van der Waals surface area contributed by atoms with Crippen LogP contribution >= 0.6 is 15.9 Å². The highest BCUT2D eigenvalue weighted by molar-refractivity contribution is 9.10. The molecule has 19 heavy (non-hydrogen) atoms. The Morgan fingerprint density at radius 1 is 1.32 bits per heavy atom. The molecular formula is C15H23BrN2O. The van der Waals surface area contributed by atoms with Crippen molar-refractivity contribution >= 4 is 15.9 Å². The number of nitrogens with zero attached hydrogens (tertiary/aromatic N) is 2. The van der Waals surface area contributed by atoms with Crippen molar-refractivity contribution in [1.29, 1.82) is 0 Å². The van der Waals surface area contributed by atoms with E-state index in [9.17, 15) is 5.11 Å². The first-order chi connectivity index (χ1) is 9.20. The molecule has 0 aromatic heterocycles. The molecule has 1 saturated heterocycles. The van der Waals surface area contributed by atoms with Crippen molar-refractivity contribution in [1.82, 2.24) is 9.80 Å². The predicted molar refractivity (Wildman–Crippen MR) is 82.2 cm³/mol. The van der Waals surface area contributed by atoms with Gasteiger partial charge in [-0.25, -0.2) is 0 Å². The standard InChI is InChI=1S/C15H23BrN2O/c1-17-8-6-14(7-9-17)18(10-11-19)12-13-4-2-3-5-15(13)16/h2-5,14,19H,6-12H2,1H3. The Hall–Kier alpha value is -0.420. The van der Waals surface area contributed by atoms with Gasteiger partial charge < -0.3 is 10.0 Å². The predicted octanol–water partition coefficient (Wildman–Crippen LogP) is 2.34. The van der Waals surface area contributed by atoms with E-state index in [1.807, 2.05) is 6.07 Å². The summed E-state index contributed by atoms with van der Waals surface area (Å²) in [6, 6.07) is 8.95. The lowest BCUT2D eigenvalue weighted by Gasteiger charge is -2.37. The lowest BCUT2D eigenvalue weighted by atomic mass is 10.0. The van der Waals surface area contributed by atoms with Gasteiger partial charge in [0.25, 0.3) is 0 Å². The largest absolute Gasteiger partial charge is 0.395 e. The number of aliphatic hydroxyl groups excluding tert-OH is 1. The van der Waals surface area contributed by atoms with E-state index in [0.29, 0.717) is 6.04 Å². The Labute approximate surface area is 124 Å². The third-order valence-electron chi connectivity index (χ3n) is 3.92. The molecule has 0 saturated carbocycles. The highest BCUT2D eigenvalue weighted by Crippen LogP contribution is 2.22. The average Bonchev–Trinajstić information content (AvgIpc) is 2.42. The fraction of sp³-hybridized carbons (Fsp3) is 0.600. The van der Waals surface area contributed by atoms with Crippen molar-refractivity contribution in [3.63, 3.8) is 0 Å². The first-order valence-electron chi connectivity index (χ1n) is 6.97. The summed E-state index contributed by atoms with van der Waals surface area (Å²) in [6.45, 7) is 4.22. The number of benzene rings is 1. The van der Waals surface area contributed by atoms with E-state index >= 15 is 0 Å². The summed E-state index contributed by atoms with van der Waals surface area (Å²) in [7, 11) is 2.18. The van der Waals surface area contributed by atoms with Crippen LogP contribution in [-0.2, 0) is 6.54 Å². The van der Waals surface area contributed by atoms with Gasteiger partial charge >= 0.3 is 0 Å². The molecule has 1 aliphatic heterocycles. The number of piperidine rings is 1. The van der Waals surface area contributed by atoms with E-state index in [2.05, 4.69) is 51.0 Å². The van der Waals surface area contributed by atoms with Crippen LogP contribution in [-0.4, -0.2) is 54.2 Å². The van der Waals surface area contributed by atoms with Crippen LogP contribution in [0.2, 0.25) is 0 Å². The van der Waals surface area contributed by atoms with Crippen LogP contribution < -0.4 is 0 Å². The minimum absolute atomic E-state index is 0.233. The molecule has 3 nitrogen and oxygen atoms in total. The monoisotopic (exact) mass is 326 g/mol. The summed E-state index contributed by atoms with van der Waals surface area (Å²) in [5, 5.41) is 9.30. The van der Waals surface area contributed by atoms with Crippen LogP contribution in [0.15, 0.2) is 28.7 Å². The smallest absolute Gasteiger partial charge is 0.0558 e. The number of hydrogen-bond acceptors (Lipinski definition) is 3. The van der Waals surface area contributed by atoms with Gasteiger partial charge in [-0.1, -0.05) is 34.1 Å². The van der Waals surface area contributed by atoms with Crippen LogP contribution in [0, 0.1) is 0 Å². The molecule has 0 unspecified atom stereocenters. The first-order valence-corrected chi connectivity index (χ1v) is 7.77. The molecule has 1 aliphatic rings. The van der Waals surface area contributed by atoms with Crippen LogP contribution in [0.4, 0.5) is 0 Å². The van der Waals surface area contributed by atoms with Crippen molar-refractivity contribution in [2.24, 2.45) is 0 Å². The summed E-state index contributed by atoms with van der Waals surface area (Å²) < 4.78 is 1.16. The van der Waals surface area contributed by atoms with Gasteiger partial charge in [-0.3, -0.25) is 4.90 Å². The molecule has 1 N–H and O–H groups in total. The molecule has 0 spiro atoms. The molecule has 0 bridgehead atoms. The van der Waals surface area contributed by atoms with E-state index in [1.165, 1.54) is 18.4 Å². The number of likely N-dealkylation sites (tertiary alicyclic amines) is 1. The van der Waals surface area contributed by atoms with Crippen LogP contribution in [0.1, 0.15) is 18.4 Å². The van der Waals surface area contributed by atoms with Crippen molar-refractivity contribution in [3.05, 3.63) is 34.3 Å². The Morgan fingerprint density at radius 2 is 2.00 bits per heavy atom. The maximum atomic E-state index is 9.30. The van der Waals surface area contributed by atoms with Crippen molar-refractivity contribution in [2.45, 2.75) is 25.4 Å². The van der Waals surface area contributed by atoms with Gasteiger partial charge in [0.1, 0.15) is 0 Å². The van der Waals surface area contributed by atoms with Crippen LogP contribution in [0.25, 0.3) is 0 Å². The van der Waals surface area contributed by atoms with E-state index in [1.54, 1.807) is 0 Å². The van der Waals surface area contributed by atoms with Gasteiger partial charge in [0.15, 0.2) is 0 Å². The molecule has 0 atom stereocenters. The van der Waals surface area contributed by atoms with Gasteiger partial charge in [0, 0.05) is 23.6 Å². The Balaban J connectivity index is 2.02. The molecule has 4 heteroatoms. The first kappa shape index (κ1) is 15.0. The summed E-state index contributed by atoms with van der Waals surface area (Å²) >= 11 is 3.61. The van der Waals surface area contributed by atoms with Crippen LogP contribution in [0.3, 0.4) is 0 Å². The quantitative estimate of drug-likeness (QED) is 0.899. The zero-order chi connectivity index (χ0) is 13.7. The Morgan fingerprint density at radius 3 is 2.63 bits per heavy atom. The molecule has 0 radical (unpaired) electrons. The zero-order valence-corrected chi connectivity index (χ0v) is 13.1. The molecule has 1 aromatic rings. The maximum Gasteiger partial charge on any atom is 0.0558 e. The molecule has 2 rings (SSSR count). The fourth-order valence-electron chi connectivity index (χ4n) is 2.72. The normalized spacial score (nSPS) is 18.1. The summed E-state index contributed by atoms with van der Waals surface area (Å²) in [4.78, 5) is 4.80. The SMILES string of the molecule is CN1CCC(N(CCO)Cc2ccccc2Br)CC1. The lowest BCUT2D eigenvalue weighted by Crippen LogP contribution is -2.44. The molecule has 0 aliphatic carbocycles. The van der Waals surface area contributed by atoms with Gasteiger partial charge in [-0.2, -0.15) is 0 Å². The molecule has 1 aromatic carbocycles. The van der Waals surface area contributed by atoms with E-state index in [4.69, 9.17) is 0 Å². The minimum Gasteiger partial charge on any atom is -0.395 e. The second-order valence-electron chi connectivity index (χ2n) is 5.32. The molecular weight excluding hydrogens is 304 g/mol. The average molecular weight is 327 g/mol. The second-order valence-corrected chi connectivity index (χ2v) is 6.17. The highest BCUT2D eigenvalue weighted by atomic mass is 79.9. The second kappa shape index (κ2) is 7.39. The van der Waals surface area contributed by atoms with Gasteiger partial charge in [-0.05, 0) is 44.6 Å². The molecule has 106 valence electrons.